The van der Waals surface area contributed by atoms with Gasteiger partial charge in [-0.15, -0.1) is 11.8 Å². The van der Waals surface area contributed by atoms with Crippen LogP contribution >= 0.6 is 11.8 Å². The summed E-state index contributed by atoms with van der Waals surface area (Å²) in [7, 11) is 0. The van der Waals surface area contributed by atoms with Gasteiger partial charge >= 0.3 is 5.63 Å². The van der Waals surface area contributed by atoms with Gasteiger partial charge < -0.3 is 9.52 Å². The molecule has 1 heterocycles. The lowest BCUT2D eigenvalue weighted by molar-refractivity contribution is 0.165. The Morgan fingerprint density at radius 3 is 2.71 bits per heavy atom. The zero-order valence-electron chi connectivity index (χ0n) is 13.4. The average Bonchev–Trinajstić information content (AvgIpc) is 2.56. The normalized spacial score (nSPS) is 20.1. The maximum atomic E-state index is 11.7. The summed E-state index contributed by atoms with van der Waals surface area (Å²) in [5, 5.41) is 11.7. The van der Waals surface area contributed by atoms with E-state index in [9.17, 15) is 9.90 Å². The molecule has 0 saturated carbocycles. The third-order valence-electron chi connectivity index (χ3n) is 4.61. The SMILES string of the molecule is Cc1cc(=O)oc2c3c(ccc12)C[C@@H](Sc1ccccc1)[C@H](O)C3. The predicted molar refractivity (Wildman–Crippen MR) is 96.7 cm³/mol. The van der Waals surface area contributed by atoms with Crippen LogP contribution < -0.4 is 5.63 Å². The highest BCUT2D eigenvalue weighted by Gasteiger charge is 2.30. The summed E-state index contributed by atoms with van der Waals surface area (Å²) in [5.74, 6) is 0. The van der Waals surface area contributed by atoms with Crippen LogP contribution in [0.1, 0.15) is 16.7 Å². The van der Waals surface area contributed by atoms with Crippen LogP contribution in [-0.2, 0) is 12.8 Å². The van der Waals surface area contributed by atoms with Gasteiger partial charge in [-0.05, 0) is 36.6 Å². The van der Waals surface area contributed by atoms with Crippen molar-refractivity contribution in [2.75, 3.05) is 0 Å². The number of hydrogen-bond donors (Lipinski definition) is 1. The summed E-state index contributed by atoms with van der Waals surface area (Å²) in [4.78, 5) is 12.9. The van der Waals surface area contributed by atoms with Crippen molar-refractivity contribution in [3.8, 4) is 0 Å². The van der Waals surface area contributed by atoms with E-state index in [0.29, 0.717) is 12.0 Å². The Morgan fingerprint density at radius 2 is 1.92 bits per heavy atom. The van der Waals surface area contributed by atoms with E-state index in [4.69, 9.17) is 4.42 Å². The zero-order chi connectivity index (χ0) is 16.7. The van der Waals surface area contributed by atoms with Crippen molar-refractivity contribution in [2.24, 2.45) is 0 Å². The number of thioether (sulfide) groups is 1. The number of fused-ring (bicyclic) bond motifs is 3. The molecule has 1 aliphatic rings. The third-order valence-corrected chi connectivity index (χ3v) is 5.94. The van der Waals surface area contributed by atoms with Crippen LogP contribution in [0.15, 0.2) is 62.6 Å². The van der Waals surface area contributed by atoms with Crippen LogP contribution in [0.25, 0.3) is 11.0 Å². The molecule has 4 rings (SSSR count). The smallest absolute Gasteiger partial charge is 0.336 e. The third kappa shape index (κ3) is 2.76. The molecule has 2 atom stereocenters. The van der Waals surface area contributed by atoms with Gasteiger partial charge in [-0.25, -0.2) is 4.79 Å². The van der Waals surface area contributed by atoms with E-state index in [0.717, 1.165) is 33.4 Å². The van der Waals surface area contributed by atoms with Crippen molar-refractivity contribution < 1.29 is 9.52 Å². The second-order valence-electron chi connectivity index (χ2n) is 6.27. The molecule has 0 spiro atoms. The van der Waals surface area contributed by atoms with Crippen molar-refractivity contribution in [1.82, 2.24) is 0 Å². The van der Waals surface area contributed by atoms with Crippen molar-refractivity contribution >= 4 is 22.7 Å². The summed E-state index contributed by atoms with van der Waals surface area (Å²) in [6.07, 6.45) is 0.826. The molecule has 24 heavy (non-hydrogen) atoms. The monoisotopic (exact) mass is 338 g/mol. The molecular formula is C20H18O3S. The van der Waals surface area contributed by atoms with Gasteiger partial charge in [0.25, 0.3) is 0 Å². The van der Waals surface area contributed by atoms with Crippen molar-refractivity contribution in [1.29, 1.82) is 0 Å². The lowest BCUT2D eigenvalue weighted by Crippen LogP contribution is -2.32. The standard InChI is InChI=1S/C20H18O3S/c1-12-9-19(22)23-20-15(12)8-7-13-10-18(17(21)11-16(13)20)24-14-5-3-2-4-6-14/h2-9,17-18,21H,10-11H2,1H3/t17-,18-/m1/s1. The number of hydrogen-bond acceptors (Lipinski definition) is 4. The molecule has 0 bridgehead atoms. The first-order valence-electron chi connectivity index (χ1n) is 8.07. The molecule has 3 nitrogen and oxygen atoms in total. The van der Waals surface area contributed by atoms with E-state index in [2.05, 4.69) is 18.2 Å². The van der Waals surface area contributed by atoms with Gasteiger partial charge in [0, 0.05) is 33.6 Å². The Bertz CT molecular complexity index is 946. The van der Waals surface area contributed by atoms with Crippen LogP contribution in [0.3, 0.4) is 0 Å². The first kappa shape index (κ1) is 15.5. The summed E-state index contributed by atoms with van der Waals surface area (Å²) < 4.78 is 5.47. The maximum Gasteiger partial charge on any atom is 0.336 e. The number of aliphatic hydroxyl groups excluding tert-OH is 1. The van der Waals surface area contributed by atoms with Crippen LogP contribution in [0, 0.1) is 6.92 Å². The fourth-order valence-electron chi connectivity index (χ4n) is 3.38. The topological polar surface area (TPSA) is 50.4 Å². The molecule has 1 N–H and O–H groups in total. The van der Waals surface area contributed by atoms with Gasteiger partial charge in [0.15, 0.2) is 0 Å². The highest BCUT2D eigenvalue weighted by molar-refractivity contribution is 8.00. The molecule has 2 aromatic carbocycles. The van der Waals surface area contributed by atoms with E-state index in [-0.39, 0.29) is 10.9 Å². The highest BCUT2D eigenvalue weighted by Crippen LogP contribution is 2.36. The summed E-state index contributed by atoms with van der Waals surface area (Å²) in [6.45, 7) is 1.92. The summed E-state index contributed by atoms with van der Waals surface area (Å²) >= 11 is 1.71. The van der Waals surface area contributed by atoms with Gasteiger partial charge in [0.1, 0.15) is 5.58 Å². The first-order valence-corrected chi connectivity index (χ1v) is 8.95. The average molecular weight is 338 g/mol. The van der Waals surface area contributed by atoms with E-state index in [1.807, 2.05) is 31.2 Å². The molecule has 0 radical (unpaired) electrons. The number of benzene rings is 2. The van der Waals surface area contributed by atoms with Gasteiger partial charge in [0.05, 0.1) is 6.10 Å². The summed E-state index contributed by atoms with van der Waals surface area (Å²) in [5.41, 5.74) is 3.36. The van der Waals surface area contributed by atoms with Crippen molar-refractivity contribution in [2.45, 2.75) is 36.0 Å². The van der Waals surface area contributed by atoms with Gasteiger partial charge in [-0.2, -0.15) is 0 Å². The van der Waals surface area contributed by atoms with E-state index < -0.39 is 6.10 Å². The predicted octanol–water partition coefficient (Wildman–Crippen LogP) is 3.72. The van der Waals surface area contributed by atoms with Crippen LogP contribution in [0.5, 0.6) is 0 Å². The Morgan fingerprint density at radius 1 is 1.12 bits per heavy atom. The van der Waals surface area contributed by atoms with Gasteiger partial charge in [-0.3, -0.25) is 0 Å². The molecule has 3 aromatic rings. The minimum Gasteiger partial charge on any atom is -0.422 e. The maximum absolute atomic E-state index is 11.7. The largest absolute Gasteiger partial charge is 0.422 e. The Labute approximate surface area is 144 Å². The minimum atomic E-state index is -0.459. The zero-order valence-corrected chi connectivity index (χ0v) is 14.2. The fraction of sp³-hybridized carbons (Fsp3) is 0.250. The van der Waals surface area contributed by atoms with E-state index in [1.54, 1.807) is 11.8 Å². The lowest BCUT2D eigenvalue weighted by atomic mass is 9.87. The molecular weight excluding hydrogens is 320 g/mol. The minimum absolute atomic E-state index is 0.105. The Kier molecular flexibility index (Phi) is 3.94. The Balaban J connectivity index is 1.73. The molecule has 0 saturated heterocycles. The molecule has 0 fully saturated rings. The molecule has 1 aliphatic carbocycles. The van der Waals surface area contributed by atoms with Crippen LogP contribution in [-0.4, -0.2) is 16.5 Å². The summed E-state index contributed by atoms with van der Waals surface area (Å²) in [6, 6.07) is 15.8. The Hall–Kier alpha value is -2.04. The van der Waals surface area contributed by atoms with Crippen molar-refractivity contribution in [3.05, 3.63) is 75.6 Å². The highest BCUT2D eigenvalue weighted by atomic mass is 32.2. The van der Waals surface area contributed by atoms with Crippen molar-refractivity contribution in [3.63, 3.8) is 0 Å². The van der Waals surface area contributed by atoms with Gasteiger partial charge in [0.2, 0.25) is 0 Å². The lowest BCUT2D eigenvalue weighted by Gasteiger charge is -2.29. The molecule has 0 amide bonds. The number of aryl methyl sites for hydroxylation is 1. The number of rotatable bonds is 2. The molecule has 1 aromatic heterocycles. The molecule has 0 unspecified atom stereocenters. The second kappa shape index (κ2) is 6.11. The molecule has 122 valence electrons. The first-order chi connectivity index (χ1) is 11.6. The quantitative estimate of drug-likeness (QED) is 0.724. The fourth-order valence-corrected chi connectivity index (χ4v) is 4.56. The molecule has 4 heteroatoms. The molecule has 0 aliphatic heterocycles. The van der Waals surface area contributed by atoms with Crippen LogP contribution in [0.4, 0.5) is 0 Å². The van der Waals surface area contributed by atoms with Crippen LogP contribution in [0.2, 0.25) is 0 Å². The second-order valence-corrected chi connectivity index (χ2v) is 7.59. The van der Waals surface area contributed by atoms with Gasteiger partial charge in [-0.1, -0.05) is 30.3 Å². The van der Waals surface area contributed by atoms with E-state index >= 15 is 0 Å². The van der Waals surface area contributed by atoms with E-state index in [1.165, 1.54) is 6.07 Å². The number of aliphatic hydroxyl groups is 1.